The molecule has 0 atom stereocenters. The number of alkyl halides is 3. The Morgan fingerprint density at radius 3 is 2.43 bits per heavy atom. The molecular formula is C26H24F4N2O3. The van der Waals surface area contributed by atoms with Gasteiger partial charge in [0.2, 0.25) is 0 Å². The molecule has 4 rings (SSSR count). The number of rotatable bonds is 3. The number of nitrogens with one attached hydrogen (secondary N) is 1. The number of nitrogens with zero attached hydrogens (tertiary/aromatic N) is 1. The number of esters is 1. The molecule has 5 nitrogen and oxygen atoms in total. The number of hydrogen-bond donors (Lipinski definition) is 1. The molecule has 1 amide bonds. The zero-order chi connectivity index (χ0) is 25.7. The van der Waals surface area contributed by atoms with Crippen LogP contribution < -0.4 is 0 Å². The predicted molar refractivity (Wildman–Crippen MR) is 123 cm³/mol. The molecule has 0 saturated carbocycles. The maximum Gasteiger partial charge on any atom is 0.419 e. The zero-order valence-electron chi connectivity index (χ0n) is 19.6. The van der Waals surface area contributed by atoms with Gasteiger partial charge in [0, 0.05) is 34.6 Å². The van der Waals surface area contributed by atoms with Crippen LogP contribution in [-0.2, 0) is 21.1 Å². The van der Waals surface area contributed by atoms with Gasteiger partial charge in [0.25, 0.3) is 5.91 Å². The first-order valence-electron chi connectivity index (χ1n) is 11.0. The van der Waals surface area contributed by atoms with Crippen molar-refractivity contribution in [2.24, 2.45) is 0 Å². The number of halogens is 4. The van der Waals surface area contributed by atoms with E-state index in [-0.39, 0.29) is 17.7 Å². The van der Waals surface area contributed by atoms with E-state index in [4.69, 9.17) is 4.74 Å². The molecule has 1 aliphatic rings. The van der Waals surface area contributed by atoms with Crippen LogP contribution in [0.15, 0.2) is 48.7 Å². The maximum atomic E-state index is 14.2. The average molecular weight is 488 g/mol. The first-order chi connectivity index (χ1) is 16.3. The molecule has 9 heteroatoms. The SMILES string of the molecule is CC(C)OC(=O)C1=CN(C(=O)c2ccc(C(F)(F)F)c(F)c2)CC(C)(C)c2c1[nH]c1ccccc21. The van der Waals surface area contributed by atoms with Crippen molar-refractivity contribution >= 4 is 28.4 Å². The highest BCUT2D eigenvalue weighted by molar-refractivity contribution is 6.18. The fourth-order valence-electron chi connectivity index (χ4n) is 4.42. The molecule has 0 aliphatic carbocycles. The van der Waals surface area contributed by atoms with Crippen LogP contribution in [-0.4, -0.2) is 34.4 Å². The second kappa shape index (κ2) is 8.55. The fourth-order valence-corrected chi connectivity index (χ4v) is 4.42. The van der Waals surface area contributed by atoms with Gasteiger partial charge in [-0.15, -0.1) is 0 Å². The van der Waals surface area contributed by atoms with Crippen LogP contribution in [0.1, 0.15) is 54.9 Å². The number of hydrogen-bond acceptors (Lipinski definition) is 3. The van der Waals surface area contributed by atoms with Gasteiger partial charge in [-0.2, -0.15) is 13.2 Å². The summed E-state index contributed by atoms with van der Waals surface area (Å²) in [6.45, 7) is 7.26. The smallest absolute Gasteiger partial charge is 0.419 e. The lowest BCUT2D eigenvalue weighted by Crippen LogP contribution is -2.37. The van der Waals surface area contributed by atoms with E-state index in [0.29, 0.717) is 17.8 Å². The van der Waals surface area contributed by atoms with Crippen molar-refractivity contribution in [3.05, 3.63) is 76.9 Å². The molecule has 0 spiro atoms. The number of ether oxygens (including phenoxy) is 1. The van der Waals surface area contributed by atoms with Crippen LogP contribution in [0.2, 0.25) is 0 Å². The lowest BCUT2D eigenvalue weighted by molar-refractivity contribution is -0.141. The third-order valence-electron chi connectivity index (χ3n) is 5.85. The lowest BCUT2D eigenvalue weighted by atomic mass is 9.81. The van der Waals surface area contributed by atoms with Gasteiger partial charge in [-0.3, -0.25) is 4.79 Å². The second-order valence-electron chi connectivity index (χ2n) is 9.43. The Balaban J connectivity index is 1.85. The molecule has 2 aromatic carbocycles. The van der Waals surface area contributed by atoms with E-state index in [9.17, 15) is 27.2 Å². The number of benzene rings is 2. The molecule has 184 valence electrons. The number of carbonyl (C=O) groups excluding carboxylic acids is 2. The van der Waals surface area contributed by atoms with Crippen LogP contribution in [0, 0.1) is 5.82 Å². The molecular weight excluding hydrogens is 464 g/mol. The third-order valence-corrected chi connectivity index (χ3v) is 5.85. The van der Waals surface area contributed by atoms with Gasteiger partial charge in [-0.1, -0.05) is 32.0 Å². The summed E-state index contributed by atoms with van der Waals surface area (Å²) in [6.07, 6.45) is -3.99. The minimum atomic E-state index is -4.88. The Morgan fingerprint density at radius 1 is 1.11 bits per heavy atom. The normalized spacial score (nSPS) is 15.6. The highest BCUT2D eigenvalue weighted by Gasteiger charge is 2.38. The number of para-hydroxylation sites is 1. The van der Waals surface area contributed by atoms with Crippen molar-refractivity contribution in [3.63, 3.8) is 0 Å². The fraction of sp³-hybridized carbons (Fsp3) is 0.308. The second-order valence-corrected chi connectivity index (χ2v) is 9.43. The minimum Gasteiger partial charge on any atom is -0.459 e. The zero-order valence-corrected chi connectivity index (χ0v) is 19.6. The van der Waals surface area contributed by atoms with Gasteiger partial charge in [-0.05, 0) is 43.7 Å². The molecule has 0 unspecified atom stereocenters. The Hall–Kier alpha value is -3.62. The predicted octanol–water partition coefficient (Wildman–Crippen LogP) is 6.05. The molecule has 0 saturated heterocycles. The van der Waals surface area contributed by atoms with E-state index < -0.39 is 41.0 Å². The maximum absolute atomic E-state index is 14.2. The van der Waals surface area contributed by atoms with Crippen molar-refractivity contribution in [2.75, 3.05) is 6.54 Å². The van der Waals surface area contributed by atoms with Gasteiger partial charge in [0.1, 0.15) is 5.82 Å². The average Bonchev–Trinajstić information content (AvgIpc) is 3.09. The molecule has 0 fully saturated rings. The van der Waals surface area contributed by atoms with Crippen LogP contribution >= 0.6 is 0 Å². The van der Waals surface area contributed by atoms with Gasteiger partial charge >= 0.3 is 12.1 Å². The number of carbonyl (C=O) groups is 2. The van der Waals surface area contributed by atoms with Crippen molar-refractivity contribution in [1.29, 1.82) is 0 Å². The Kier molecular flexibility index (Phi) is 5.99. The van der Waals surface area contributed by atoms with Crippen molar-refractivity contribution < 1.29 is 31.9 Å². The molecule has 1 N–H and O–H groups in total. The van der Waals surface area contributed by atoms with Crippen molar-refractivity contribution in [2.45, 2.75) is 45.4 Å². The first kappa shape index (κ1) is 24.5. The summed E-state index contributed by atoms with van der Waals surface area (Å²) in [6, 6.07) is 9.54. The molecule has 3 aromatic rings. The Morgan fingerprint density at radius 2 is 1.80 bits per heavy atom. The number of aromatic nitrogens is 1. The molecule has 0 bridgehead atoms. The van der Waals surface area contributed by atoms with E-state index in [1.54, 1.807) is 13.8 Å². The van der Waals surface area contributed by atoms with Crippen LogP contribution in [0.4, 0.5) is 17.6 Å². The molecule has 1 aromatic heterocycles. The lowest BCUT2D eigenvalue weighted by Gasteiger charge is -2.29. The number of fused-ring (bicyclic) bond motifs is 3. The van der Waals surface area contributed by atoms with Crippen LogP contribution in [0.25, 0.3) is 16.5 Å². The first-order valence-corrected chi connectivity index (χ1v) is 11.0. The largest absolute Gasteiger partial charge is 0.459 e. The molecule has 35 heavy (non-hydrogen) atoms. The summed E-state index contributed by atoms with van der Waals surface area (Å²) in [4.78, 5) is 30.9. The van der Waals surface area contributed by atoms with Gasteiger partial charge in [0.15, 0.2) is 0 Å². The molecule has 0 radical (unpaired) electrons. The number of H-pyrrole nitrogens is 1. The van der Waals surface area contributed by atoms with Crippen molar-refractivity contribution in [1.82, 2.24) is 9.88 Å². The number of amides is 1. The summed E-state index contributed by atoms with van der Waals surface area (Å²) in [5, 5.41) is 0.866. The van der Waals surface area contributed by atoms with Crippen LogP contribution in [0.3, 0.4) is 0 Å². The summed E-state index contributed by atoms with van der Waals surface area (Å²) < 4.78 is 58.6. The quantitative estimate of drug-likeness (QED) is 0.361. The minimum absolute atomic E-state index is 0.0851. The van der Waals surface area contributed by atoms with Crippen molar-refractivity contribution in [3.8, 4) is 0 Å². The van der Waals surface area contributed by atoms with Gasteiger partial charge in [-0.25, -0.2) is 9.18 Å². The third kappa shape index (κ3) is 4.54. The standard InChI is InChI=1S/C26H24F4N2O3/c1-14(2)35-24(34)17-12-32(23(33)15-9-10-18(19(27)11-15)26(28,29)30)13-25(3,4)21-16-7-5-6-8-20(16)31-22(17)21/h5-12,14,31H,13H2,1-4H3. The van der Waals surface area contributed by atoms with Gasteiger partial charge in [0.05, 0.1) is 22.9 Å². The highest BCUT2D eigenvalue weighted by Crippen LogP contribution is 2.41. The monoisotopic (exact) mass is 488 g/mol. The Labute approximate surface area is 199 Å². The van der Waals surface area contributed by atoms with E-state index >= 15 is 0 Å². The van der Waals surface area contributed by atoms with Gasteiger partial charge < -0.3 is 14.6 Å². The molecule has 2 heterocycles. The Bertz CT molecular complexity index is 1350. The topological polar surface area (TPSA) is 62.4 Å². The molecule has 1 aliphatic heterocycles. The highest BCUT2D eigenvalue weighted by atomic mass is 19.4. The van der Waals surface area contributed by atoms with Crippen LogP contribution in [0.5, 0.6) is 0 Å². The summed E-state index contributed by atoms with van der Waals surface area (Å²) in [5.74, 6) is -2.95. The summed E-state index contributed by atoms with van der Waals surface area (Å²) >= 11 is 0. The van der Waals surface area contributed by atoms with E-state index in [2.05, 4.69) is 4.98 Å². The van der Waals surface area contributed by atoms with E-state index in [1.807, 2.05) is 38.1 Å². The van der Waals surface area contributed by atoms with E-state index in [1.165, 1.54) is 11.1 Å². The van der Waals surface area contributed by atoms with E-state index in [0.717, 1.165) is 22.5 Å². The summed E-state index contributed by atoms with van der Waals surface area (Å²) in [7, 11) is 0. The number of aromatic amines is 1. The summed E-state index contributed by atoms with van der Waals surface area (Å²) in [5.41, 5.74) is -0.219.